The molecule has 0 radical (unpaired) electrons. The molecule has 82 valence electrons. The maximum Gasteiger partial charge on any atom is 0.266 e. The van der Waals surface area contributed by atoms with Crippen molar-refractivity contribution in [2.45, 2.75) is 12.3 Å². The van der Waals surface area contributed by atoms with Crippen molar-refractivity contribution in [1.82, 2.24) is 0 Å². The lowest BCUT2D eigenvalue weighted by molar-refractivity contribution is 0.0257. The van der Waals surface area contributed by atoms with Crippen molar-refractivity contribution in [3.05, 3.63) is 28.2 Å². The topological polar surface area (TPSA) is 3.24 Å². The summed E-state index contributed by atoms with van der Waals surface area (Å²) < 4.78 is 26.0. The molecule has 0 atom stereocenters. The van der Waals surface area contributed by atoms with Crippen molar-refractivity contribution in [2.24, 2.45) is 0 Å². The minimum atomic E-state index is -2.62. The number of hydrogen-bond donors (Lipinski definition) is 0. The Hall–Kier alpha value is -0.540. The van der Waals surface area contributed by atoms with Crippen molar-refractivity contribution < 1.29 is 8.78 Å². The molecule has 1 aliphatic rings. The van der Waals surface area contributed by atoms with E-state index in [4.69, 9.17) is 23.2 Å². The Labute approximate surface area is 96.6 Å². The molecule has 0 aliphatic carbocycles. The predicted molar refractivity (Wildman–Crippen MR) is 58.2 cm³/mol. The molecule has 0 saturated carbocycles. The third kappa shape index (κ3) is 2.34. The summed E-state index contributed by atoms with van der Waals surface area (Å²) in [5.74, 6) is -2.62. The van der Waals surface area contributed by atoms with Crippen LogP contribution in [0.2, 0.25) is 10.0 Å². The first-order valence-corrected chi connectivity index (χ1v) is 5.31. The van der Waals surface area contributed by atoms with Gasteiger partial charge >= 0.3 is 0 Å². The summed E-state index contributed by atoms with van der Waals surface area (Å²) in [5.41, 5.74) is 0.585. The first kappa shape index (κ1) is 11.0. The zero-order valence-electron chi connectivity index (χ0n) is 7.81. The van der Waals surface area contributed by atoms with Gasteiger partial charge in [0.15, 0.2) is 0 Å². The normalized spacial score (nSPS) is 19.6. The zero-order chi connectivity index (χ0) is 11.1. The second kappa shape index (κ2) is 3.80. The van der Waals surface area contributed by atoms with Crippen LogP contribution in [0.4, 0.5) is 14.5 Å². The van der Waals surface area contributed by atoms with Gasteiger partial charge in [-0.25, -0.2) is 8.78 Å². The maximum atomic E-state index is 13.0. The molecule has 5 heteroatoms. The summed E-state index contributed by atoms with van der Waals surface area (Å²) in [6.45, 7) is 0.0279. The standard InChI is InChI=1S/C10H9Cl2F2N/c11-7-1-2-8(12)9(5-7)15-4-3-10(13,14)6-15/h1-2,5H,3-4,6H2. The summed E-state index contributed by atoms with van der Waals surface area (Å²) in [6.07, 6.45) is -0.129. The van der Waals surface area contributed by atoms with E-state index in [0.29, 0.717) is 22.3 Å². The largest absolute Gasteiger partial charge is 0.364 e. The van der Waals surface area contributed by atoms with Crippen molar-refractivity contribution >= 4 is 28.9 Å². The third-order valence-electron chi connectivity index (χ3n) is 2.42. The molecular formula is C10H9Cl2F2N. The molecule has 1 aromatic rings. The van der Waals surface area contributed by atoms with Crippen LogP contribution < -0.4 is 4.90 Å². The minimum Gasteiger partial charge on any atom is -0.364 e. The van der Waals surface area contributed by atoms with Gasteiger partial charge in [-0.15, -0.1) is 0 Å². The first-order valence-electron chi connectivity index (χ1n) is 4.56. The van der Waals surface area contributed by atoms with Crippen LogP contribution in [0.1, 0.15) is 6.42 Å². The summed E-state index contributed by atoms with van der Waals surface area (Å²) in [4.78, 5) is 1.56. The van der Waals surface area contributed by atoms with Crippen molar-refractivity contribution in [3.63, 3.8) is 0 Å². The van der Waals surface area contributed by atoms with Crippen molar-refractivity contribution in [3.8, 4) is 0 Å². The molecule has 0 N–H and O–H groups in total. The van der Waals surface area contributed by atoms with Gasteiger partial charge in [-0.05, 0) is 18.2 Å². The Balaban J connectivity index is 2.27. The fraction of sp³-hybridized carbons (Fsp3) is 0.400. The molecular weight excluding hydrogens is 243 g/mol. The average Bonchev–Trinajstić information content (AvgIpc) is 2.50. The smallest absolute Gasteiger partial charge is 0.266 e. The number of rotatable bonds is 1. The van der Waals surface area contributed by atoms with E-state index in [2.05, 4.69) is 0 Å². The number of halogens is 4. The first-order chi connectivity index (χ1) is 6.98. The summed E-state index contributed by atoms with van der Waals surface area (Å²) in [7, 11) is 0. The van der Waals surface area contributed by atoms with Crippen LogP contribution in [0.3, 0.4) is 0 Å². The maximum absolute atomic E-state index is 13.0. The molecule has 1 saturated heterocycles. The lowest BCUT2D eigenvalue weighted by atomic mass is 10.3. The average molecular weight is 252 g/mol. The van der Waals surface area contributed by atoms with Gasteiger partial charge in [0.1, 0.15) is 0 Å². The number of benzene rings is 1. The van der Waals surface area contributed by atoms with Gasteiger partial charge in [0.25, 0.3) is 5.92 Å². The number of hydrogen-bond acceptors (Lipinski definition) is 1. The van der Waals surface area contributed by atoms with Crippen LogP contribution in [0.5, 0.6) is 0 Å². The van der Waals surface area contributed by atoms with Gasteiger partial charge in [0.05, 0.1) is 17.3 Å². The van der Waals surface area contributed by atoms with E-state index in [0.717, 1.165) is 0 Å². The Morgan fingerprint density at radius 3 is 2.60 bits per heavy atom. The van der Waals surface area contributed by atoms with Crippen LogP contribution in [-0.2, 0) is 0 Å². The minimum absolute atomic E-state index is 0.129. The van der Waals surface area contributed by atoms with E-state index in [1.165, 1.54) is 0 Å². The summed E-state index contributed by atoms with van der Waals surface area (Å²) >= 11 is 11.7. The molecule has 1 aliphatic heterocycles. The molecule has 2 rings (SSSR count). The highest BCUT2D eigenvalue weighted by atomic mass is 35.5. The molecule has 1 aromatic carbocycles. The van der Waals surface area contributed by atoms with Gasteiger partial charge in [0, 0.05) is 18.0 Å². The SMILES string of the molecule is FC1(F)CCN(c2cc(Cl)ccc2Cl)C1. The zero-order valence-corrected chi connectivity index (χ0v) is 9.32. The fourth-order valence-electron chi connectivity index (χ4n) is 1.67. The molecule has 1 nitrogen and oxygen atoms in total. The van der Waals surface area contributed by atoms with E-state index in [1.807, 2.05) is 0 Å². The van der Waals surface area contributed by atoms with Crippen LogP contribution in [0.15, 0.2) is 18.2 Å². The lowest BCUT2D eigenvalue weighted by Crippen LogP contribution is -2.25. The van der Waals surface area contributed by atoms with E-state index in [1.54, 1.807) is 23.1 Å². The second-order valence-electron chi connectivity index (χ2n) is 3.62. The molecule has 0 amide bonds. The van der Waals surface area contributed by atoms with Gasteiger partial charge < -0.3 is 4.90 Å². The summed E-state index contributed by atoms with van der Waals surface area (Å²) in [5, 5.41) is 0.960. The molecule has 1 heterocycles. The van der Waals surface area contributed by atoms with E-state index >= 15 is 0 Å². The van der Waals surface area contributed by atoms with Gasteiger partial charge in [-0.1, -0.05) is 23.2 Å². The van der Waals surface area contributed by atoms with E-state index < -0.39 is 5.92 Å². The highest BCUT2D eigenvalue weighted by Crippen LogP contribution is 2.35. The fourth-order valence-corrected chi connectivity index (χ4v) is 2.07. The van der Waals surface area contributed by atoms with Crippen LogP contribution in [-0.4, -0.2) is 19.0 Å². The van der Waals surface area contributed by atoms with Crippen LogP contribution >= 0.6 is 23.2 Å². The van der Waals surface area contributed by atoms with E-state index in [9.17, 15) is 8.78 Å². The van der Waals surface area contributed by atoms with Crippen LogP contribution in [0, 0.1) is 0 Å². The van der Waals surface area contributed by atoms with E-state index in [-0.39, 0.29) is 13.0 Å². The van der Waals surface area contributed by atoms with Crippen molar-refractivity contribution in [1.29, 1.82) is 0 Å². The summed E-state index contributed by atoms with van der Waals surface area (Å²) in [6, 6.07) is 4.88. The molecule has 0 bridgehead atoms. The quantitative estimate of drug-likeness (QED) is 0.733. The highest BCUT2D eigenvalue weighted by molar-refractivity contribution is 6.35. The van der Waals surface area contributed by atoms with Gasteiger partial charge in [-0.2, -0.15) is 0 Å². The lowest BCUT2D eigenvalue weighted by Gasteiger charge is -2.19. The Morgan fingerprint density at radius 2 is 2.00 bits per heavy atom. The molecule has 0 spiro atoms. The Bertz CT molecular complexity index is 382. The predicted octanol–water partition coefficient (Wildman–Crippen LogP) is 3.84. The number of anilines is 1. The number of nitrogens with zero attached hydrogens (tertiary/aromatic N) is 1. The molecule has 0 unspecified atom stereocenters. The Kier molecular flexibility index (Phi) is 2.77. The van der Waals surface area contributed by atoms with Crippen molar-refractivity contribution in [2.75, 3.05) is 18.0 Å². The Morgan fingerprint density at radius 1 is 1.27 bits per heavy atom. The third-order valence-corrected chi connectivity index (χ3v) is 2.97. The van der Waals surface area contributed by atoms with Gasteiger partial charge in [-0.3, -0.25) is 0 Å². The molecule has 0 aromatic heterocycles. The second-order valence-corrected chi connectivity index (χ2v) is 4.47. The molecule has 1 fully saturated rings. The molecule has 15 heavy (non-hydrogen) atoms. The number of alkyl halides is 2. The highest BCUT2D eigenvalue weighted by Gasteiger charge is 2.38. The monoisotopic (exact) mass is 251 g/mol. The van der Waals surface area contributed by atoms with Crippen LogP contribution in [0.25, 0.3) is 0 Å². The van der Waals surface area contributed by atoms with Gasteiger partial charge in [0.2, 0.25) is 0 Å².